The number of hydrogen-bond acceptors (Lipinski definition) is 4. The number of anilines is 1. The lowest BCUT2D eigenvalue weighted by Gasteiger charge is -2.33. The molecule has 6 nitrogen and oxygen atoms in total. The Labute approximate surface area is 158 Å². The zero-order valence-corrected chi connectivity index (χ0v) is 15.5. The fourth-order valence-corrected chi connectivity index (χ4v) is 3.60. The van der Waals surface area contributed by atoms with Crippen molar-refractivity contribution in [1.29, 1.82) is 0 Å². The van der Waals surface area contributed by atoms with Crippen LogP contribution in [0, 0.1) is 6.92 Å². The first-order chi connectivity index (χ1) is 13.2. The molecular weight excluding hydrogens is 338 g/mol. The minimum atomic E-state index is -0.104. The number of rotatable bonds is 4. The van der Waals surface area contributed by atoms with Gasteiger partial charge in [-0.1, -0.05) is 31.4 Å². The molecule has 3 aromatic heterocycles. The SMILES string of the molecule is Cc1ccc(N(C(=O)c2cccc(-n3cccn3)n2)C2CCCCC2)nc1. The highest BCUT2D eigenvalue weighted by molar-refractivity contribution is 6.04. The van der Waals surface area contributed by atoms with Gasteiger partial charge in [0.05, 0.1) is 0 Å². The summed E-state index contributed by atoms with van der Waals surface area (Å²) in [6.07, 6.45) is 10.8. The van der Waals surface area contributed by atoms with Crippen molar-refractivity contribution in [2.45, 2.75) is 45.1 Å². The summed E-state index contributed by atoms with van der Waals surface area (Å²) in [5.74, 6) is 1.22. The molecule has 0 aliphatic heterocycles. The molecular formula is C21H23N5O. The van der Waals surface area contributed by atoms with E-state index in [1.165, 1.54) is 6.42 Å². The fourth-order valence-electron chi connectivity index (χ4n) is 3.60. The maximum Gasteiger partial charge on any atom is 0.278 e. The Balaban J connectivity index is 1.70. The number of amides is 1. The van der Waals surface area contributed by atoms with Crippen LogP contribution in [0.4, 0.5) is 5.82 Å². The molecule has 1 aliphatic carbocycles. The molecule has 4 rings (SSSR count). The van der Waals surface area contributed by atoms with E-state index in [-0.39, 0.29) is 11.9 Å². The summed E-state index contributed by atoms with van der Waals surface area (Å²) in [4.78, 5) is 24.4. The van der Waals surface area contributed by atoms with Crippen molar-refractivity contribution in [2.75, 3.05) is 4.90 Å². The van der Waals surface area contributed by atoms with Gasteiger partial charge in [-0.3, -0.25) is 9.69 Å². The third-order valence-corrected chi connectivity index (χ3v) is 4.99. The van der Waals surface area contributed by atoms with Crippen molar-refractivity contribution >= 4 is 11.7 Å². The number of carbonyl (C=O) groups excluding carboxylic acids is 1. The lowest BCUT2D eigenvalue weighted by molar-refractivity contribution is 0.0964. The van der Waals surface area contributed by atoms with Crippen LogP contribution in [0.15, 0.2) is 55.0 Å². The highest BCUT2D eigenvalue weighted by Crippen LogP contribution is 2.28. The fraction of sp³-hybridized carbons (Fsp3) is 0.333. The van der Waals surface area contributed by atoms with Crippen LogP contribution in [0.2, 0.25) is 0 Å². The monoisotopic (exact) mass is 361 g/mol. The summed E-state index contributed by atoms with van der Waals surface area (Å²) in [5.41, 5.74) is 1.49. The summed E-state index contributed by atoms with van der Waals surface area (Å²) in [7, 11) is 0. The predicted octanol–water partition coefficient (Wildman–Crippen LogP) is 3.95. The minimum Gasteiger partial charge on any atom is -0.288 e. The van der Waals surface area contributed by atoms with Gasteiger partial charge in [0.25, 0.3) is 5.91 Å². The topological polar surface area (TPSA) is 63.9 Å². The predicted molar refractivity (Wildman–Crippen MR) is 104 cm³/mol. The van der Waals surface area contributed by atoms with Gasteiger partial charge in [0.1, 0.15) is 11.5 Å². The minimum absolute atomic E-state index is 0.104. The number of aromatic nitrogens is 4. The lowest BCUT2D eigenvalue weighted by Crippen LogP contribution is -2.42. The summed E-state index contributed by atoms with van der Waals surface area (Å²) in [6, 6.07) is 11.4. The molecule has 0 bridgehead atoms. The van der Waals surface area contributed by atoms with Gasteiger partial charge >= 0.3 is 0 Å². The number of pyridine rings is 2. The highest BCUT2D eigenvalue weighted by Gasteiger charge is 2.29. The van der Waals surface area contributed by atoms with E-state index in [2.05, 4.69) is 15.1 Å². The Morgan fingerprint density at radius 2 is 1.96 bits per heavy atom. The zero-order chi connectivity index (χ0) is 18.6. The van der Waals surface area contributed by atoms with Crippen molar-refractivity contribution in [3.8, 4) is 5.82 Å². The molecule has 3 aromatic rings. The Bertz CT molecular complexity index is 899. The highest BCUT2D eigenvalue weighted by atomic mass is 16.2. The molecule has 0 unspecified atom stereocenters. The molecule has 6 heteroatoms. The van der Waals surface area contributed by atoms with Crippen LogP contribution in [-0.2, 0) is 0 Å². The van der Waals surface area contributed by atoms with E-state index < -0.39 is 0 Å². The molecule has 3 heterocycles. The summed E-state index contributed by atoms with van der Waals surface area (Å²) < 4.78 is 1.66. The molecule has 1 fully saturated rings. The van der Waals surface area contributed by atoms with Crippen molar-refractivity contribution in [3.05, 3.63) is 66.2 Å². The first kappa shape index (κ1) is 17.4. The molecule has 138 valence electrons. The normalized spacial score (nSPS) is 14.9. The molecule has 0 radical (unpaired) electrons. The van der Waals surface area contributed by atoms with E-state index in [4.69, 9.17) is 0 Å². The van der Waals surface area contributed by atoms with Crippen LogP contribution in [-0.4, -0.2) is 31.7 Å². The maximum atomic E-state index is 13.4. The van der Waals surface area contributed by atoms with Gasteiger partial charge in [-0.05, 0) is 49.6 Å². The smallest absolute Gasteiger partial charge is 0.278 e. The molecule has 1 aliphatic rings. The second kappa shape index (κ2) is 7.70. The first-order valence-corrected chi connectivity index (χ1v) is 9.46. The average Bonchev–Trinajstić information content (AvgIpc) is 3.25. The Morgan fingerprint density at radius 1 is 1.11 bits per heavy atom. The van der Waals surface area contributed by atoms with Gasteiger partial charge in [0, 0.05) is 24.6 Å². The zero-order valence-electron chi connectivity index (χ0n) is 15.5. The molecule has 0 spiro atoms. The van der Waals surface area contributed by atoms with Crippen LogP contribution in [0.3, 0.4) is 0 Å². The van der Waals surface area contributed by atoms with Crippen molar-refractivity contribution in [1.82, 2.24) is 19.7 Å². The molecule has 0 saturated heterocycles. The van der Waals surface area contributed by atoms with Gasteiger partial charge < -0.3 is 0 Å². The van der Waals surface area contributed by atoms with Crippen LogP contribution < -0.4 is 4.90 Å². The van der Waals surface area contributed by atoms with E-state index in [9.17, 15) is 4.79 Å². The van der Waals surface area contributed by atoms with Crippen molar-refractivity contribution in [2.24, 2.45) is 0 Å². The number of nitrogens with zero attached hydrogens (tertiary/aromatic N) is 5. The van der Waals surface area contributed by atoms with Gasteiger partial charge in [0.15, 0.2) is 5.82 Å². The van der Waals surface area contributed by atoms with Crippen LogP contribution >= 0.6 is 0 Å². The Hall–Kier alpha value is -3.02. The maximum absolute atomic E-state index is 13.4. The second-order valence-corrected chi connectivity index (χ2v) is 6.99. The van der Waals surface area contributed by atoms with E-state index in [1.54, 1.807) is 16.9 Å². The second-order valence-electron chi connectivity index (χ2n) is 6.99. The molecule has 0 aromatic carbocycles. The standard InChI is InChI=1S/C21H23N5O/c1-16-11-12-19(22-15-16)26(17-7-3-2-4-8-17)21(27)18-9-5-10-20(24-18)25-14-6-13-23-25/h5-6,9-15,17H,2-4,7-8H2,1H3. The van der Waals surface area contributed by atoms with Crippen molar-refractivity contribution in [3.63, 3.8) is 0 Å². The molecule has 27 heavy (non-hydrogen) atoms. The summed E-state index contributed by atoms with van der Waals surface area (Å²) >= 11 is 0. The molecule has 1 amide bonds. The van der Waals surface area contributed by atoms with E-state index in [1.807, 2.05) is 54.5 Å². The molecule has 0 N–H and O–H groups in total. The molecule has 0 atom stereocenters. The van der Waals surface area contributed by atoms with E-state index >= 15 is 0 Å². The molecule has 1 saturated carbocycles. The number of carbonyl (C=O) groups is 1. The van der Waals surface area contributed by atoms with Crippen LogP contribution in [0.25, 0.3) is 5.82 Å². The Kier molecular flexibility index (Phi) is 4.96. The quantitative estimate of drug-likeness (QED) is 0.706. The van der Waals surface area contributed by atoms with Crippen LogP contribution in [0.1, 0.15) is 48.2 Å². The van der Waals surface area contributed by atoms with Gasteiger partial charge in [-0.2, -0.15) is 5.10 Å². The van der Waals surface area contributed by atoms with Crippen molar-refractivity contribution < 1.29 is 4.79 Å². The third kappa shape index (κ3) is 3.74. The van der Waals surface area contributed by atoms with Crippen LogP contribution in [0.5, 0.6) is 0 Å². The van der Waals surface area contributed by atoms with E-state index in [0.29, 0.717) is 17.3 Å². The van der Waals surface area contributed by atoms with Gasteiger partial charge in [0.2, 0.25) is 0 Å². The average molecular weight is 361 g/mol. The number of aryl methyl sites for hydroxylation is 1. The van der Waals surface area contributed by atoms with Gasteiger partial charge in [-0.15, -0.1) is 0 Å². The summed E-state index contributed by atoms with van der Waals surface area (Å²) in [6.45, 7) is 2.00. The third-order valence-electron chi connectivity index (χ3n) is 4.99. The largest absolute Gasteiger partial charge is 0.288 e. The van der Waals surface area contributed by atoms with Gasteiger partial charge in [-0.25, -0.2) is 14.6 Å². The summed E-state index contributed by atoms with van der Waals surface area (Å²) in [5, 5.41) is 4.21. The number of hydrogen-bond donors (Lipinski definition) is 0. The van der Waals surface area contributed by atoms with E-state index in [0.717, 1.165) is 31.2 Å². The first-order valence-electron chi connectivity index (χ1n) is 9.46. The lowest BCUT2D eigenvalue weighted by atomic mass is 9.94. The Morgan fingerprint density at radius 3 is 2.67 bits per heavy atom.